The third kappa shape index (κ3) is 3.12. The van der Waals surface area contributed by atoms with E-state index in [0.717, 1.165) is 21.3 Å². The molecule has 19 heavy (non-hydrogen) atoms. The van der Waals surface area contributed by atoms with Crippen molar-refractivity contribution in [2.24, 2.45) is 0 Å². The molecule has 0 radical (unpaired) electrons. The van der Waals surface area contributed by atoms with E-state index in [0.29, 0.717) is 11.4 Å². The fourth-order valence-electron chi connectivity index (χ4n) is 1.83. The predicted molar refractivity (Wildman–Crippen MR) is 80.2 cm³/mol. The number of anilines is 2. The molecule has 3 N–H and O–H groups in total. The Hall–Kier alpha value is -1.88. The molecule has 4 nitrogen and oxygen atoms in total. The number of pyridine rings is 1. The van der Waals surface area contributed by atoms with Crippen LogP contribution in [-0.2, 0) is 0 Å². The number of halogens is 1. The molecule has 1 aromatic carbocycles. The minimum absolute atomic E-state index is 0.193. The van der Waals surface area contributed by atoms with E-state index in [-0.39, 0.29) is 5.91 Å². The largest absolute Gasteiger partial charge is 0.384 e. The minimum atomic E-state index is -0.193. The van der Waals surface area contributed by atoms with Gasteiger partial charge in [0.05, 0.1) is 5.56 Å². The Labute approximate surface area is 120 Å². The highest BCUT2D eigenvalue weighted by Gasteiger charge is 2.10. The Balaban J connectivity index is 2.26. The number of hydrogen-bond acceptors (Lipinski definition) is 3. The number of carbonyl (C=O) groups excluding carboxylic acids is 1. The average molecular weight is 320 g/mol. The van der Waals surface area contributed by atoms with Crippen molar-refractivity contribution in [2.75, 3.05) is 11.1 Å². The van der Waals surface area contributed by atoms with Gasteiger partial charge in [-0.05, 0) is 49.2 Å². The summed E-state index contributed by atoms with van der Waals surface area (Å²) < 4.78 is 0.995. The molecule has 0 aliphatic heterocycles. The van der Waals surface area contributed by atoms with E-state index in [1.807, 2.05) is 26.0 Å². The highest BCUT2D eigenvalue weighted by atomic mass is 79.9. The molecule has 0 saturated carbocycles. The zero-order chi connectivity index (χ0) is 14.0. The van der Waals surface area contributed by atoms with Crippen molar-refractivity contribution in [3.8, 4) is 0 Å². The molecular formula is C14H14BrN3O. The number of aryl methyl sites for hydroxylation is 2. The van der Waals surface area contributed by atoms with Gasteiger partial charge in [0.25, 0.3) is 5.91 Å². The van der Waals surface area contributed by atoms with Crippen LogP contribution in [0.25, 0.3) is 0 Å². The molecule has 0 aliphatic rings. The summed E-state index contributed by atoms with van der Waals surface area (Å²) >= 11 is 3.43. The maximum atomic E-state index is 12.1. The minimum Gasteiger partial charge on any atom is -0.384 e. The number of aromatic nitrogens is 1. The molecule has 1 aromatic heterocycles. The molecule has 0 saturated heterocycles. The highest BCUT2D eigenvalue weighted by Crippen LogP contribution is 2.25. The normalized spacial score (nSPS) is 10.3. The summed E-state index contributed by atoms with van der Waals surface area (Å²) in [6.45, 7) is 3.91. The monoisotopic (exact) mass is 319 g/mol. The van der Waals surface area contributed by atoms with Crippen LogP contribution in [0.1, 0.15) is 21.5 Å². The Kier molecular flexibility index (Phi) is 3.85. The first kappa shape index (κ1) is 13.5. The summed E-state index contributed by atoms with van der Waals surface area (Å²) in [6, 6.07) is 7.19. The number of carbonyl (C=O) groups is 1. The van der Waals surface area contributed by atoms with E-state index in [9.17, 15) is 4.79 Å². The Morgan fingerprint density at radius 2 is 1.89 bits per heavy atom. The fourth-order valence-corrected chi connectivity index (χ4v) is 2.52. The molecule has 0 spiro atoms. The third-order valence-electron chi connectivity index (χ3n) is 2.78. The number of rotatable bonds is 2. The summed E-state index contributed by atoms with van der Waals surface area (Å²) in [5.74, 6) is 0.202. The van der Waals surface area contributed by atoms with Crippen molar-refractivity contribution < 1.29 is 4.79 Å². The third-order valence-corrected chi connectivity index (χ3v) is 3.24. The van der Waals surface area contributed by atoms with Gasteiger partial charge >= 0.3 is 0 Å². The second-order valence-electron chi connectivity index (χ2n) is 4.34. The van der Waals surface area contributed by atoms with Gasteiger partial charge < -0.3 is 11.1 Å². The van der Waals surface area contributed by atoms with Crippen molar-refractivity contribution >= 4 is 33.3 Å². The molecule has 0 atom stereocenters. The summed E-state index contributed by atoms with van der Waals surface area (Å²) in [5.41, 5.74) is 8.81. The number of benzene rings is 1. The number of amides is 1. The van der Waals surface area contributed by atoms with Crippen LogP contribution in [0.2, 0.25) is 0 Å². The van der Waals surface area contributed by atoms with Crippen molar-refractivity contribution in [1.29, 1.82) is 0 Å². The molecule has 0 bridgehead atoms. The van der Waals surface area contributed by atoms with Gasteiger partial charge in [0.15, 0.2) is 0 Å². The van der Waals surface area contributed by atoms with Crippen LogP contribution in [0.3, 0.4) is 0 Å². The number of nitrogen functional groups attached to an aromatic ring is 1. The van der Waals surface area contributed by atoms with Gasteiger partial charge in [-0.15, -0.1) is 0 Å². The van der Waals surface area contributed by atoms with E-state index in [2.05, 4.69) is 26.2 Å². The quantitative estimate of drug-likeness (QED) is 0.892. The summed E-state index contributed by atoms with van der Waals surface area (Å²) in [4.78, 5) is 16.0. The highest BCUT2D eigenvalue weighted by molar-refractivity contribution is 9.10. The lowest BCUT2D eigenvalue weighted by Crippen LogP contribution is -2.14. The van der Waals surface area contributed by atoms with E-state index in [4.69, 9.17) is 5.73 Å². The van der Waals surface area contributed by atoms with Crippen molar-refractivity contribution in [1.82, 2.24) is 4.98 Å². The van der Waals surface area contributed by atoms with Crippen LogP contribution in [0, 0.1) is 13.8 Å². The van der Waals surface area contributed by atoms with Crippen LogP contribution in [0.4, 0.5) is 11.5 Å². The van der Waals surface area contributed by atoms with Crippen LogP contribution in [-0.4, -0.2) is 10.9 Å². The number of nitrogens with zero attached hydrogens (tertiary/aromatic N) is 1. The Bertz CT molecular complexity index is 600. The van der Waals surface area contributed by atoms with Crippen LogP contribution < -0.4 is 11.1 Å². The molecule has 98 valence electrons. The number of nitrogens with two attached hydrogens (primary N) is 1. The van der Waals surface area contributed by atoms with E-state index in [1.54, 1.807) is 12.1 Å². The number of hydrogen-bond donors (Lipinski definition) is 2. The van der Waals surface area contributed by atoms with Gasteiger partial charge in [-0.2, -0.15) is 0 Å². The zero-order valence-corrected chi connectivity index (χ0v) is 12.3. The lowest BCUT2D eigenvalue weighted by molar-refractivity contribution is 0.102. The van der Waals surface area contributed by atoms with Crippen molar-refractivity contribution in [3.63, 3.8) is 0 Å². The maximum absolute atomic E-state index is 12.1. The molecule has 2 aromatic rings. The predicted octanol–water partition coefficient (Wildman–Crippen LogP) is 3.30. The maximum Gasteiger partial charge on any atom is 0.257 e. The summed E-state index contributed by atoms with van der Waals surface area (Å²) in [6.07, 6.45) is 1.47. The van der Waals surface area contributed by atoms with Gasteiger partial charge in [0.2, 0.25) is 0 Å². The molecule has 1 heterocycles. The van der Waals surface area contributed by atoms with Gasteiger partial charge in [-0.3, -0.25) is 4.79 Å². The van der Waals surface area contributed by atoms with Crippen LogP contribution in [0.5, 0.6) is 0 Å². The SMILES string of the molecule is Cc1cc(Br)cc(C)c1NC(=O)c1ccc(N)nc1. The summed E-state index contributed by atoms with van der Waals surface area (Å²) in [7, 11) is 0. The first-order valence-electron chi connectivity index (χ1n) is 5.77. The standard InChI is InChI=1S/C14H14BrN3O/c1-8-5-11(15)6-9(2)13(8)18-14(19)10-3-4-12(16)17-7-10/h3-7H,1-2H3,(H2,16,17)(H,18,19). The van der Waals surface area contributed by atoms with Crippen molar-refractivity contribution in [3.05, 3.63) is 51.6 Å². The molecule has 5 heteroatoms. The Morgan fingerprint density at radius 3 is 2.42 bits per heavy atom. The van der Waals surface area contributed by atoms with E-state index < -0.39 is 0 Å². The summed E-state index contributed by atoms with van der Waals surface area (Å²) in [5, 5.41) is 2.90. The fraction of sp³-hybridized carbons (Fsp3) is 0.143. The molecule has 0 unspecified atom stereocenters. The first-order chi connectivity index (χ1) is 8.97. The molecule has 1 amide bonds. The zero-order valence-electron chi connectivity index (χ0n) is 10.7. The smallest absolute Gasteiger partial charge is 0.257 e. The number of nitrogens with one attached hydrogen (secondary N) is 1. The van der Waals surface area contributed by atoms with Gasteiger partial charge in [0.1, 0.15) is 5.82 Å². The van der Waals surface area contributed by atoms with E-state index >= 15 is 0 Å². The van der Waals surface area contributed by atoms with Crippen molar-refractivity contribution in [2.45, 2.75) is 13.8 Å². The van der Waals surface area contributed by atoms with Crippen LogP contribution in [0.15, 0.2) is 34.9 Å². The van der Waals surface area contributed by atoms with Gasteiger partial charge in [-0.25, -0.2) is 4.98 Å². The molecule has 0 aliphatic carbocycles. The first-order valence-corrected chi connectivity index (χ1v) is 6.56. The molecule has 2 rings (SSSR count). The molecule has 0 fully saturated rings. The Morgan fingerprint density at radius 1 is 1.26 bits per heavy atom. The topological polar surface area (TPSA) is 68.0 Å². The van der Waals surface area contributed by atoms with Gasteiger partial charge in [-0.1, -0.05) is 15.9 Å². The van der Waals surface area contributed by atoms with Crippen LogP contribution >= 0.6 is 15.9 Å². The second kappa shape index (κ2) is 5.40. The average Bonchev–Trinajstić information content (AvgIpc) is 2.34. The lowest BCUT2D eigenvalue weighted by atomic mass is 10.1. The van der Waals surface area contributed by atoms with Gasteiger partial charge in [0, 0.05) is 16.4 Å². The second-order valence-corrected chi connectivity index (χ2v) is 5.26. The van der Waals surface area contributed by atoms with E-state index in [1.165, 1.54) is 6.20 Å². The lowest BCUT2D eigenvalue weighted by Gasteiger charge is -2.12. The molecular weight excluding hydrogens is 306 g/mol.